The molecular weight excluding hydrogens is 354 g/mol. The van der Waals surface area contributed by atoms with Crippen LogP contribution in [-0.2, 0) is 25.3 Å². The van der Waals surface area contributed by atoms with Crippen molar-refractivity contribution in [1.82, 2.24) is 19.7 Å². The SMILES string of the molecule is COc1cccc(CC(=O)c2nn(C)c3c2C(C)(C)Cc2cnc(N)nc2-3)c1. The number of nitrogens with zero attached hydrogens (tertiary/aromatic N) is 4. The lowest BCUT2D eigenvalue weighted by Gasteiger charge is -2.31. The summed E-state index contributed by atoms with van der Waals surface area (Å²) in [5.74, 6) is 0.924. The number of methoxy groups -OCH3 is 1. The maximum atomic E-state index is 13.2. The molecule has 7 heteroatoms. The van der Waals surface area contributed by atoms with Crippen LogP contribution in [0.2, 0.25) is 0 Å². The Balaban J connectivity index is 1.80. The fraction of sp³-hybridized carbons (Fsp3) is 0.333. The van der Waals surface area contributed by atoms with E-state index in [1.165, 1.54) is 0 Å². The van der Waals surface area contributed by atoms with Crippen molar-refractivity contribution in [3.05, 3.63) is 52.8 Å². The molecule has 2 heterocycles. The second-order valence-electron chi connectivity index (χ2n) is 7.81. The number of anilines is 1. The summed E-state index contributed by atoms with van der Waals surface area (Å²) in [6.45, 7) is 4.24. The molecule has 0 radical (unpaired) electrons. The fourth-order valence-electron chi connectivity index (χ4n) is 4.00. The predicted molar refractivity (Wildman–Crippen MR) is 106 cm³/mol. The molecule has 0 aliphatic heterocycles. The number of ether oxygens (including phenoxy) is 1. The Morgan fingerprint density at radius 3 is 2.89 bits per heavy atom. The molecule has 0 amide bonds. The summed E-state index contributed by atoms with van der Waals surface area (Å²) in [5, 5.41) is 4.59. The Labute approximate surface area is 163 Å². The highest BCUT2D eigenvalue weighted by Crippen LogP contribution is 2.43. The van der Waals surface area contributed by atoms with Crippen LogP contribution in [0.4, 0.5) is 5.95 Å². The third-order valence-corrected chi connectivity index (χ3v) is 5.23. The van der Waals surface area contributed by atoms with Gasteiger partial charge in [0.2, 0.25) is 5.95 Å². The number of hydrogen-bond acceptors (Lipinski definition) is 6. The van der Waals surface area contributed by atoms with E-state index >= 15 is 0 Å². The summed E-state index contributed by atoms with van der Waals surface area (Å²) < 4.78 is 7.00. The maximum absolute atomic E-state index is 13.2. The van der Waals surface area contributed by atoms with Crippen LogP contribution in [-0.4, -0.2) is 32.6 Å². The van der Waals surface area contributed by atoms with Crippen molar-refractivity contribution < 1.29 is 9.53 Å². The quantitative estimate of drug-likeness (QED) is 0.703. The van der Waals surface area contributed by atoms with Gasteiger partial charge < -0.3 is 10.5 Å². The Morgan fingerprint density at radius 1 is 1.36 bits per heavy atom. The number of fused-ring (bicyclic) bond motifs is 3. The molecule has 144 valence electrons. The van der Waals surface area contributed by atoms with E-state index in [1.807, 2.05) is 31.3 Å². The van der Waals surface area contributed by atoms with Crippen LogP contribution in [0.5, 0.6) is 5.75 Å². The van der Waals surface area contributed by atoms with Crippen LogP contribution in [0.1, 0.15) is 41.0 Å². The average molecular weight is 377 g/mol. The minimum Gasteiger partial charge on any atom is -0.497 e. The average Bonchev–Trinajstić information content (AvgIpc) is 3.01. The number of aryl methyl sites for hydroxylation is 1. The summed E-state index contributed by atoms with van der Waals surface area (Å²) in [4.78, 5) is 21.8. The summed E-state index contributed by atoms with van der Waals surface area (Å²) >= 11 is 0. The fourth-order valence-corrected chi connectivity index (χ4v) is 4.00. The number of carbonyl (C=O) groups is 1. The second-order valence-corrected chi connectivity index (χ2v) is 7.81. The van der Waals surface area contributed by atoms with E-state index in [-0.39, 0.29) is 23.6 Å². The van der Waals surface area contributed by atoms with Gasteiger partial charge in [0.15, 0.2) is 5.78 Å². The molecule has 0 bridgehead atoms. The number of nitrogen functional groups attached to an aromatic ring is 1. The van der Waals surface area contributed by atoms with Gasteiger partial charge in [-0.2, -0.15) is 5.10 Å². The Bertz CT molecular complexity index is 1080. The van der Waals surface area contributed by atoms with Crippen molar-refractivity contribution in [3.8, 4) is 17.1 Å². The third-order valence-electron chi connectivity index (χ3n) is 5.23. The van der Waals surface area contributed by atoms with Gasteiger partial charge in [0.1, 0.15) is 11.4 Å². The summed E-state index contributed by atoms with van der Waals surface area (Å²) in [6, 6.07) is 7.54. The van der Waals surface area contributed by atoms with E-state index in [0.29, 0.717) is 5.69 Å². The highest BCUT2D eigenvalue weighted by molar-refractivity contribution is 5.99. The molecule has 0 unspecified atom stereocenters. The molecule has 28 heavy (non-hydrogen) atoms. The molecule has 0 fully saturated rings. The minimum absolute atomic E-state index is 0.0244. The summed E-state index contributed by atoms with van der Waals surface area (Å²) in [6.07, 6.45) is 2.75. The van der Waals surface area contributed by atoms with Crippen molar-refractivity contribution in [2.24, 2.45) is 7.05 Å². The molecular formula is C21H23N5O2. The van der Waals surface area contributed by atoms with Crippen molar-refractivity contribution in [2.45, 2.75) is 32.1 Å². The first kappa shape index (κ1) is 18.2. The minimum atomic E-state index is -0.268. The summed E-state index contributed by atoms with van der Waals surface area (Å²) in [5.41, 5.74) is 10.5. The van der Waals surface area contributed by atoms with E-state index in [1.54, 1.807) is 18.0 Å². The van der Waals surface area contributed by atoms with E-state index < -0.39 is 0 Å². The normalized spacial score (nSPS) is 14.3. The number of ketones is 1. The van der Waals surface area contributed by atoms with Crippen LogP contribution in [0.3, 0.4) is 0 Å². The van der Waals surface area contributed by atoms with Crippen LogP contribution in [0.25, 0.3) is 11.4 Å². The molecule has 7 nitrogen and oxygen atoms in total. The molecule has 2 N–H and O–H groups in total. The van der Waals surface area contributed by atoms with E-state index in [9.17, 15) is 4.79 Å². The smallest absolute Gasteiger partial charge is 0.220 e. The number of benzene rings is 1. The van der Waals surface area contributed by atoms with Gasteiger partial charge in [-0.05, 0) is 35.1 Å². The molecule has 0 saturated carbocycles. The van der Waals surface area contributed by atoms with Gasteiger partial charge in [0.25, 0.3) is 0 Å². The zero-order valence-electron chi connectivity index (χ0n) is 16.5. The number of hydrogen-bond donors (Lipinski definition) is 1. The molecule has 3 aromatic rings. The lowest BCUT2D eigenvalue weighted by atomic mass is 9.72. The topological polar surface area (TPSA) is 95.9 Å². The largest absolute Gasteiger partial charge is 0.497 e. The number of aromatic nitrogens is 4. The zero-order chi connectivity index (χ0) is 20.1. The van der Waals surface area contributed by atoms with Crippen molar-refractivity contribution in [2.75, 3.05) is 12.8 Å². The van der Waals surface area contributed by atoms with Crippen molar-refractivity contribution in [3.63, 3.8) is 0 Å². The maximum Gasteiger partial charge on any atom is 0.220 e. The highest BCUT2D eigenvalue weighted by Gasteiger charge is 2.39. The number of nitrogens with two attached hydrogens (primary N) is 1. The lowest BCUT2D eigenvalue weighted by molar-refractivity contribution is 0.0985. The Morgan fingerprint density at radius 2 is 2.14 bits per heavy atom. The lowest BCUT2D eigenvalue weighted by Crippen LogP contribution is -2.28. The first-order chi connectivity index (χ1) is 13.3. The molecule has 4 rings (SSSR count). The van der Waals surface area contributed by atoms with Crippen LogP contribution < -0.4 is 10.5 Å². The molecule has 2 aromatic heterocycles. The molecule has 1 aliphatic carbocycles. The molecule has 0 atom stereocenters. The van der Waals surface area contributed by atoms with Gasteiger partial charge in [0, 0.05) is 25.2 Å². The van der Waals surface area contributed by atoms with Gasteiger partial charge in [-0.25, -0.2) is 9.97 Å². The second kappa shape index (κ2) is 6.44. The summed E-state index contributed by atoms with van der Waals surface area (Å²) in [7, 11) is 3.45. The first-order valence-electron chi connectivity index (χ1n) is 9.15. The predicted octanol–water partition coefficient (Wildman–Crippen LogP) is 2.73. The van der Waals surface area contributed by atoms with E-state index in [0.717, 1.165) is 40.2 Å². The number of rotatable bonds is 4. The molecule has 0 spiro atoms. The van der Waals surface area contributed by atoms with Crippen molar-refractivity contribution >= 4 is 11.7 Å². The van der Waals surface area contributed by atoms with Crippen LogP contribution in [0.15, 0.2) is 30.5 Å². The Hall–Kier alpha value is -3.22. The molecule has 1 aliphatic rings. The highest BCUT2D eigenvalue weighted by atomic mass is 16.5. The monoisotopic (exact) mass is 377 g/mol. The van der Waals surface area contributed by atoms with Gasteiger partial charge in [-0.1, -0.05) is 26.0 Å². The third kappa shape index (κ3) is 2.93. The number of Topliss-reactive ketones (excluding diaryl/α,β-unsaturated/α-hetero) is 1. The van der Waals surface area contributed by atoms with Gasteiger partial charge in [0.05, 0.1) is 18.5 Å². The van der Waals surface area contributed by atoms with E-state index in [2.05, 4.69) is 28.9 Å². The number of carbonyl (C=O) groups excluding carboxylic acids is 1. The van der Waals surface area contributed by atoms with Gasteiger partial charge in [-0.15, -0.1) is 0 Å². The molecule has 1 aromatic carbocycles. The van der Waals surface area contributed by atoms with Crippen LogP contribution >= 0.6 is 0 Å². The van der Waals surface area contributed by atoms with Gasteiger partial charge >= 0.3 is 0 Å². The zero-order valence-corrected chi connectivity index (χ0v) is 16.5. The van der Waals surface area contributed by atoms with Crippen molar-refractivity contribution in [1.29, 1.82) is 0 Å². The first-order valence-corrected chi connectivity index (χ1v) is 9.15. The van der Waals surface area contributed by atoms with Crippen LogP contribution in [0, 0.1) is 0 Å². The standard InChI is InChI=1S/C21H23N5O2/c1-21(2)10-13-11-23-20(22)24-17(13)19-16(21)18(25-26(19)3)15(27)9-12-6-5-7-14(8-12)28-4/h5-8,11H,9-10H2,1-4H3,(H2,22,23,24). The molecule has 0 saturated heterocycles. The van der Waals surface area contributed by atoms with E-state index in [4.69, 9.17) is 10.5 Å². The van der Waals surface area contributed by atoms with Gasteiger partial charge in [-0.3, -0.25) is 9.48 Å². The Kier molecular flexibility index (Phi) is 4.18.